The van der Waals surface area contributed by atoms with Gasteiger partial charge in [0.25, 0.3) is 11.8 Å². The zero-order chi connectivity index (χ0) is 29.2. The zero-order valence-electron chi connectivity index (χ0n) is 23.3. The summed E-state index contributed by atoms with van der Waals surface area (Å²) in [7, 11) is 0. The Kier molecular flexibility index (Phi) is 7.87. The fourth-order valence-corrected chi connectivity index (χ4v) is 4.51. The Morgan fingerprint density at radius 1 is 0.523 bits per heavy atom. The third-order valence-electron chi connectivity index (χ3n) is 6.71. The molecule has 0 unspecified atom stereocenters. The van der Waals surface area contributed by atoms with Gasteiger partial charge in [0.15, 0.2) is 0 Å². The number of hydrogen-bond donors (Lipinski definition) is 0. The Labute approximate surface area is 252 Å². The van der Waals surface area contributed by atoms with E-state index in [2.05, 4.69) is 47.5 Å². The topological polar surface area (TPSA) is 156 Å². The van der Waals surface area contributed by atoms with Gasteiger partial charge < -0.3 is 18.1 Å². The van der Waals surface area contributed by atoms with E-state index in [0.29, 0.717) is 46.9 Å². The van der Waals surface area contributed by atoms with Crippen molar-refractivity contribution >= 4 is 0 Å². The van der Waals surface area contributed by atoms with Crippen LogP contribution in [-0.4, -0.2) is 40.6 Å². The quantitative estimate of drug-likeness (QED) is 0.164. The van der Waals surface area contributed by atoms with E-state index in [-0.39, 0.29) is 7.43 Å². The predicted molar refractivity (Wildman–Crippen MR) is 161 cm³/mol. The summed E-state index contributed by atoms with van der Waals surface area (Å²) in [6, 6.07) is 22.7. The van der Waals surface area contributed by atoms with Gasteiger partial charge in [0.05, 0.1) is 0 Å². The third kappa shape index (κ3) is 5.77. The van der Waals surface area contributed by atoms with Crippen molar-refractivity contribution in [2.75, 3.05) is 0 Å². The second-order valence-electron chi connectivity index (χ2n) is 9.84. The molecule has 0 radical (unpaired) electrons. The Balaban J connectivity index is 0.00000343. The molecule has 0 aliphatic rings. The monoisotopic (exact) mass is 588 g/mol. The molecular formula is C32H28N8O4. The van der Waals surface area contributed by atoms with Crippen molar-refractivity contribution in [2.45, 2.75) is 40.5 Å². The SMILES string of the molecule is C.CCCCc1nc(-c2cccc(-c3nc(-c4cccc(-c5noc(-c6cccc(-c7noc(C)n7)c6)n5)c4)no3)c2)no1. The van der Waals surface area contributed by atoms with Crippen molar-refractivity contribution in [3.8, 4) is 68.5 Å². The minimum absolute atomic E-state index is 0. The van der Waals surface area contributed by atoms with E-state index in [1.807, 2.05) is 72.8 Å². The van der Waals surface area contributed by atoms with Crippen LogP contribution in [0.1, 0.15) is 39.0 Å². The van der Waals surface area contributed by atoms with Crippen molar-refractivity contribution in [3.05, 3.63) is 84.6 Å². The molecular weight excluding hydrogens is 560 g/mol. The van der Waals surface area contributed by atoms with E-state index in [0.717, 1.165) is 52.6 Å². The number of nitrogens with zero attached hydrogens (tertiary/aromatic N) is 8. The van der Waals surface area contributed by atoms with Crippen LogP contribution in [0.5, 0.6) is 0 Å². The van der Waals surface area contributed by atoms with E-state index in [1.54, 1.807) is 6.92 Å². The predicted octanol–water partition coefficient (Wildman–Crippen LogP) is 7.51. The van der Waals surface area contributed by atoms with Gasteiger partial charge in [-0.25, -0.2) is 0 Å². The second kappa shape index (κ2) is 12.2. The number of rotatable bonds is 9. The van der Waals surface area contributed by atoms with E-state index in [1.165, 1.54) is 0 Å². The summed E-state index contributed by atoms with van der Waals surface area (Å²) in [5.74, 6) is 3.72. The van der Waals surface area contributed by atoms with Crippen LogP contribution in [0.25, 0.3) is 68.5 Å². The molecule has 0 saturated carbocycles. The number of unbranched alkanes of at least 4 members (excludes halogenated alkanes) is 1. The average Bonchev–Trinajstić information content (AvgIpc) is 3.88. The minimum atomic E-state index is 0. The summed E-state index contributed by atoms with van der Waals surface area (Å²) < 4.78 is 21.7. The molecule has 7 rings (SSSR count). The zero-order valence-corrected chi connectivity index (χ0v) is 23.3. The highest BCUT2D eigenvalue weighted by Crippen LogP contribution is 2.30. The van der Waals surface area contributed by atoms with Crippen molar-refractivity contribution in [2.24, 2.45) is 0 Å². The van der Waals surface area contributed by atoms with Crippen LogP contribution < -0.4 is 0 Å². The molecule has 4 heterocycles. The normalized spacial score (nSPS) is 11.0. The van der Waals surface area contributed by atoms with Crippen molar-refractivity contribution < 1.29 is 18.1 Å². The highest BCUT2D eigenvalue weighted by molar-refractivity contribution is 5.70. The summed E-state index contributed by atoms with van der Waals surface area (Å²) >= 11 is 0. The lowest BCUT2D eigenvalue weighted by atomic mass is 10.1. The van der Waals surface area contributed by atoms with Gasteiger partial charge in [-0.15, -0.1) is 0 Å². The Bertz CT molecular complexity index is 2020. The molecule has 220 valence electrons. The van der Waals surface area contributed by atoms with Crippen LogP contribution in [0.4, 0.5) is 0 Å². The lowest BCUT2D eigenvalue weighted by Crippen LogP contribution is -1.87. The highest BCUT2D eigenvalue weighted by Gasteiger charge is 2.17. The summed E-state index contributed by atoms with van der Waals surface area (Å²) in [4.78, 5) is 18.0. The third-order valence-corrected chi connectivity index (χ3v) is 6.71. The minimum Gasteiger partial charge on any atom is -0.339 e. The fraction of sp³-hybridized carbons (Fsp3) is 0.188. The molecule has 7 aromatic rings. The van der Waals surface area contributed by atoms with Crippen molar-refractivity contribution in [1.82, 2.24) is 40.6 Å². The van der Waals surface area contributed by atoms with Crippen LogP contribution in [0, 0.1) is 6.92 Å². The number of aromatic nitrogens is 8. The Morgan fingerprint density at radius 2 is 0.955 bits per heavy atom. The molecule has 0 aliphatic carbocycles. The first-order valence-electron chi connectivity index (χ1n) is 13.8. The smallest absolute Gasteiger partial charge is 0.258 e. The molecule has 0 aliphatic heterocycles. The summed E-state index contributed by atoms with van der Waals surface area (Å²) in [6.07, 6.45) is 2.82. The Morgan fingerprint density at radius 3 is 1.45 bits per heavy atom. The van der Waals surface area contributed by atoms with Gasteiger partial charge in [-0.2, -0.15) is 19.9 Å². The first kappa shape index (κ1) is 28.3. The molecule has 12 nitrogen and oxygen atoms in total. The molecule has 44 heavy (non-hydrogen) atoms. The lowest BCUT2D eigenvalue weighted by molar-refractivity contribution is 0.375. The fourth-order valence-electron chi connectivity index (χ4n) is 4.51. The lowest BCUT2D eigenvalue weighted by Gasteiger charge is -1.99. The molecule has 4 aromatic heterocycles. The molecule has 0 bridgehead atoms. The van der Waals surface area contributed by atoms with E-state index in [9.17, 15) is 0 Å². The van der Waals surface area contributed by atoms with E-state index < -0.39 is 0 Å². The molecule has 0 spiro atoms. The molecule has 0 fully saturated rings. The van der Waals surface area contributed by atoms with Crippen molar-refractivity contribution in [1.29, 1.82) is 0 Å². The highest BCUT2D eigenvalue weighted by atomic mass is 16.5. The molecule has 0 N–H and O–H groups in total. The van der Waals surface area contributed by atoms with E-state index in [4.69, 9.17) is 18.1 Å². The van der Waals surface area contributed by atoms with Crippen LogP contribution in [0.15, 0.2) is 90.9 Å². The standard InChI is InChI=1S/C31H24N8O4.CH4/c1-3-4-14-25-33-27(37-41-25)22-11-7-13-24(17-22)31-35-29(39-43-31)20-9-5-8-19(15-20)28-34-30(42-38-28)23-12-6-10-21(16-23)26-32-18(2)40-36-26;/h5-13,15-17H,3-4,14H2,1-2H3;1H4. The first-order valence-corrected chi connectivity index (χ1v) is 13.8. The van der Waals surface area contributed by atoms with Gasteiger partial charge in [-0.1, -0.05) is 83.9 Å². The maximum absolute atomic E-state index is 5.62. The van der Waals surface area contributed by atoms with Gasteiger partial charge in [0, 0.05) is 46.7 Å². The number of hydrogen-bond acceptors (Lipinski definition) is 12. The summed E-state index contributed by atoms with van der Waals surface area (Å²) in [6.45, 7) is 3.87. The summed E-state index contributed by atoms with van der Waals surface area (Å²) in [5.41, 5.74) is 4.54. The molecule has 0 amide bonds. The van der Waals surface area contributed by atoms with E-state index >= 15 is 0 Å². The van der Waals surface area contributed by atoms with Crippen LogP contribution in [0.2, 0.25) is 0 Å². The van der Waals surface area contributed by atoms with Gasteiger partial charge in [0.1, 0.15) is 0 Å². The van der Waals surface area contributed by atoms with Crippen molar-refractivity contribution in [3.63, 3.8) is 0 Å². The summed E-state index contributed by atoms with van der Waals surface area (Å²) in [5, 5.41) is 16.5. The second-order valence-corrected chi connectivity index (χ2v) is 9.84. The van der Waals surface area contributed by atoms with Gasteiger partial charge in [-0.05, 0) is 36.8 Å². The molecule has 12 heteroatoms. The molecule has 0 atom stereocenters. The molecule has 0 saturated heterocycles. The average molecular weight is 589 g/mol. The van der Waals surface area contributed by atoms with Gasteiger partial charge in [0.2, 0.25) is 35.1 Å². The molecule has 3 aromatic carbocycles. The number of aryl methyl sites for hydroxylation is 2. The number of benzene rings is 3. The van der Waals surface area contributed by atoms with Crippen LogP contribution >= 0.6 is 0 Å². The maximum atomic E-state index is 5.62. The maximum Gasteiger partial charge on any atom is 0.258 e. The van der Waals surface area contributed by atoms with Crippen LogP contribution in [0.3, 0.4) is 0 Å². The van der Waals surface area contributed by atoms with Gasteiger partial charge in [-0.3, -0.25) is 0 Å². The van der Waals surface area contributed by atoms with Crippen LogP contribution in [-0.2, 0) is 6.42 Å². The van der Waals surface area contributed by atoms with Gasteiger partial charge >= 0.3 is 0 Å². The first-order chi connectivity index (χ1) is 21.1. The largest absolute Gasteiger partial charge is 0.339 e. The Hall–Kier alpha value is -5.78.